The van der Waals surface area contributed by atoms with E-state index in [1.54, 1.807) is 0 Å². The maximum atomic E-state index is 12.9. The molecule has 0 saturated carbocycles. The number of carbonyl (C=O) groups is 1. The predicted molar refractivity (Wildman–Crippen MR) is 105 cm³/mol. The molecule has 1 amide bonds. The molecule has 3 saturated heterocycles. The summed E-state index contributed by atoms with van der Waals surface area (Å²) in [6, 6.07) is 8.34. The van der Waals surface area contributed by atoms with Crippen LogP contribution in [-0.2, 0) is 11.3 Å². The minimum atomic E-state index is -0.0967. The van der Waals surface area contributed by atoms with Gasteiger partial charge in [-0.15, -0.1) is 12.4 Å². The van der Waals surface area contributed by atoms with Gasteiger partial charge in [0.1, 0.15) is 6.04 Å². The number of fused-ring (bicyclic) bond motifs is 1. The summed E-state index contributed by atoms with van der Waals surface area (Å²) in [4.78, 5) is 17.3. The molecule has 0 radical (unpaired) electrons. The summed E-state index contributed by atoms with van der Waals surface area (Å²) in [5.41, 5.74) is 7.83. The van der Waals surface area contributed by atoms with E-state index in [1.807, 2.05) is 17.0 Å². The number of halogens is 2. The summed E-state index contributed by atoms with van der Waals surface area (Å²) in [6.07, 6.45) is 1.08. The zero-order valence-corrected chi connectivity index (χ0v) is 16.4. The van der Waals surface area contributed by atoms with E-state index in [9.17, 15) is 4.79 Å². The van der Waals surface area contributed by atoms with Crippen molar-refractivity contribution in [1.82, 2.24) is 26.0 Å². The van der Waals surface area contributed by atoms with E-state index in [0.29, 0.717) is 12.0 Å². The molecule has 3 fully saturated rings. The Hall–Kier alpha value is -0.890. The fourth-order valence-electron chi connectivity index (χ4n) is 4.13. The Morgan fingerprint density at radius 2 is 1.85 bits per heavy atom. The van der Waals surface area contributed by atoms with Gasteiger partial charge in [0, 0.05) is 56.3 Å². The highest BCUT2D eigenvalue weighted by Gasteiger charge is 2.42. The first-order valence-electron chi connectivity index (χ1n) is 9.18. The van der Waals surface area contributed by atoms with Crippen molar-refractivity contribution in [3.8, 4) is 0 Å². The van der Waals surface area contributed by atoms with Gasteiger partial charge in [-0.2, -0.15) is 0 Å². The molecule has 3 N–H and O–H groups in total. The molecule has 1 aromatic rings. The van der Waals surface area contributed by atoms with Crippen molar-refractivity contribution in [3.05, 3.63) is 34.9 Å². The van der Waals surface area contributed by atoms with Crippen molar-refractivity contribution in [2.75, 3.05) is 39.3 Å². The number of carbonyl (C=O) groups excluding carboxylic acids is 1. The number of nitrogens with one attached hydrogen (secondary N) is 3. The summed E-state index contributed by atoms with van der Waals surface area (Å²) < 4.78 is 0. The van der Waals surface area contributed by atoms with Crippen LogP contribution in [0.4, 0.5) is 0 Å². The maximum absolute atomic E-state index is 12.9. The van der Waals surface area contributed by atoms with Crippen molar-refractivity contribution >= 4 is 29.9 Å². The van der Waals surface area contributed by atoms with Crippen LogP contribution in [0.15, 0.2) is 24.3 Å². The van der Waals surface area contributed by atoms with E-state index in [1.165, 1.54) is 5.56 Å². The lowest BCUT2D eigenvalue weighted by molar-refractivity contribution is -0.136. The van der Waals surface area contributed by atoms with E-state index in [-0.39, 0.29) is 24.4 Å². The van der Waals surface area contributed by atoms with Crippen LogP contribution in [-0.4, -0.2) is 67.1 Å². The molecule has 144 valence electrons. The van der Waals surface area contributed by atoms with Crippen LogP contribution in [0.25, 0.3) is 0 Å². The summed E-state index contributed by atoms with van der Waals surface area (Å²) in [5, 5.41) is 4.18. The second-order valence-corrected chi connectivity index (χ2v) is 7.69. The molecule has 3 aliphatic heterocycles. The zero-order valence-electron chi connectivity index (χ0n) is 14.8. The van der Waals surface area contributed by atoms with Crippen LogP contribution in [0.5, 0.6) is 0 Å². The maximum Gasteiger partial charge on any atom is 0.241 e. The van der Waals surface area contributed by atoms with Crippen LogP contribution in [0.2, 0.25) is 5.02 Å². The number of piperidine rings is 1. The molecule has 8 heteroatoms. The summed E-state index contributed by atoms with van der Waals surface area (Å²) in [6.45, 7) is 6.29. The molecule has 0 aliphatic carbocycles. The average molecular weight is 400 g/mol. The van der Waals surface area contributed by atoms with Crippen molar-refractivity contribution in [2.24, 2.45) is 5.92 Å². The van der Waals surface area contributed by atoms with Crippen molar-refractivity contribution in [1.29, 1.82) is 0 Å². The summed E-state index contributed by atoms with van der Waals surface area (Å²) >= 11 is 5.95. The van der Waals surface area contributed by atoms with E-state index in [2.05, 4.69) is 33.2 Å². The van der Waals surface area contributed by atoms with Crippen LogP contribution >= 0.6 is 24.0 Å². The number of piperazine rings is 1. The minimum Gasteiger partial charge on any atom is -0.339 e. The first-order valence-corrected chi connectivity index (χ1v) is 9.56. The van der Waals surface area contributed by atoms with Crippen molar-refractivity contribution in [2.45, 2.75) is 25.0 Å². The Balaban J connectivity index is 0.00000196. The molecule has 0 aromatic heterocycles. The third kappa shape index (κ3) is 4.32. The first-order chi connectivity index (χ1) is 12.2. The van der Waals surface area contributed by atoms with Crippen LogP contribution in [0.3, 0.4) is 0 Å². The molecule has 3 heterocycles. The predicted octanol–water partition coefficient (Wildman–Crippen LogP) is 0.861. The van der Waals surface area contributed by atoms with Crippen LogP contribution in [0.1, 0.15) is 12.0 Å². The lowest BCUT2D eigenvalue weighted by Gasteiger charge is -2.37. The standard InChI is InChI=1S/C18H26ClN5O.ClH/c19-14-3-1-13(2-4-14)12-23-7-9-24(10-8-23)18(25)17-15-11-20-6-5-16(15)21-22-17;/h1-4,15-17,20-22H,5-12H2;1H. The molecule has 4 rings (SSSR count). The Morgan fingerprint density at radius 3 is 2.58 bits per heavy atom. The van der Waals surface area contributed by atoms with Crippen molar-refractivity contribution < 1.29 is 4.79 Å². The monoisotopic (exact) mass is 399 g/mol. The van der Waals surface area contributed by atoms with E-state index in [4.69, 9.17) is 11.6 Å². The fraction of sp³-hybridized carbons (Fsp3) is 0.611. The number of benzene rings is 1. The summed E-state index contributed by atoms with van der Waals surface area (Å²) in [7, 11) is 0. The van der Waals surface area contributed by atoms with Crippen LogP contribution in [0, 0.1) is 5.92 Å². The number of hydrogen-bond donors (Lipinski definition) is 3. The minimum absolute atomic E-state index is 0. The fourth-order valence-corrected chi connectivity index (χ4v) is 4.26. The van der Waals surface area contributed by atoms with Gasteiger partial charge in [0.2, 0.25) is 5.91 Å². The Morgan fingerprint density at radius 1 is 1.12 bits per heavy atom. The summed E-state index contributed by atoms with van der Waals surface area (Å²) in [5.74, 6) is 0.600. The molecule has 6 nitrogen and oxygen atoms in total. The third-order valence-corrected chi connectivity index (χ3v) is 5.90. The van der Waals surface area contributed by atoms with Gasteiger partial charge in [-0.05, 0) is 30.7 Å². The van der Waals surface area contributed by atoms with Gasteiger partial charge < -0.3 is 10.2 Å². The molecule has 3 atom stereocenters. The Kier molecular flexibility index (Phi) is 6.77. The number of amides is 1. The number of hydrogen-bond acceptors (Lipinski definition) is 5. The lowest BCUT2D eigenvalue weighted by atomic mass is 9.89. The van der Waals surface area contributed by atoms with Crippen LogP contribution < -0.4 is 16.2 Å². The van der Waals surface area contributed by atoms with E-state index in [0.717, 1.165) is 57.3 Å². The highest BCUT2D eigenvalue weighted by Crippen LogP contribution is 2.22. The SMILES string of the molecule is Cl.O=C(C1NNC2CCNCC21)N1CCN(Cc2ccc(Cl)cc2)CC1. The first kappa shape index (κ1) is 19.9. The van der Waals surface area contributed by atoms with E-state index < -0.39 is 0 Å². The smallest absolute Gasteiger partial charge is 0.241 e. The van der Waals surface area contributed by atoms with E-state index >= 15 is 0 Å². The molecule has 0 spiro atoms. The topological polar surface area (TPSA) is 59.6 Å². The lowest BCUT2D eigenvalue weighted by Crippen LogP contribution is -2.55. The Bertz CT molecular complexity index is 606. The molecule has 1 aromatic carbocycles. The second kappa shape index (κ2) is 8.87. The quantitative estimate of drug-likeness (QED) is 0.703. The van der Waals surface area contributed by atoms with Crippen molar-refractivity contribution in [3.63, 3.8) is 0 Å². The average Bonchev–Trinajstić information content (AvgIpc) is 3.08. The van der Waals surface area contributed by atoms with Gasteiger partial charge in [0.25, 0.3) is 0 Å². The number of nitrogens with zero attached hydrogens (tertiary/aromatic N) is 2. The molecule has 26 heavy (non-hydrogen) atoms. The Labute approximate surface area is 166 Å². The highest BCUT2D eigenvalue weighted by molar-refractivity contribution is 6.30. The number of rotatable bonds is 3. The van der Waals surface area contributed by atoms with Gasteiger partial charge in [0.15, 0.2) is 0 Å². The molecular weight excluding hydrogens is 373 g/mol. The second-order valence-electron chi connectivity index (χ2n) is 7.26. The van der Waals surface area contributed by atoms with Gasteiger partial charge in [-0.25, -0.2) is 5.43 Å². The number of hydrazine groups is 1. The van der Waals surface area contributed by atoms with Gasteiger partial charge >= 0.3 is 0 Å². The van der Waals surface area contributed by atoms with Gasteiger partial charge in [0.05, 0.1) is 0 Å². The van der Waals surface area contributed by atoms with Gasteiger partial charge in [-0.1, -0.05) is 23.7 Å². The molecular formula is C18H27Cl2N5O. The van der Waals surface area contributed by atoms with Gasteiger partial charge in [-0.3, -0.25) is 15.1 Å². The molecule has 3 aliphatic rings. The molecule has 0 bridgehead atoms. The largest absolute Gasteiger partial charge is 0.339 e. The zero-order chi connectivity index (χ0) is 17.2. The highest BCUT2D eigenvalue weighted by atomic mass is 35.5. The molecule has 3 unspecified atom stereocenters. The normalized spacial score (nSPS) is 29.1. The third-order valence-electron chi connectivity index (χ3n) is 5.65.